The predicted molar refractivity (Wildman–Crippen MR) is 85.6 cm³/mol. The zero-order valence-corrected chi connectivity index (χ0v) is 12.5. The molecule has 0 bridgehead atoms. The zero-order valence-electron chi connectivity index (χ0n) is 12.5. The fraction of sp³-hybridized carbons (Fsp3) is 0.176. The molecule has 3 N–H and O–H groups in total. The summed E-state index contributed by atoms with van der Waals surface area (Å²) in [4.78, 5) is 23.5. The van der Waals surface area contributed by atoms with Gasteiger partial charge in [0, 0.05) is 5.56 Å². The Morgan fingerprint density at radius 3 is 2.32 bits per heavy atom. The highest BCUT2D eigenvalue weighted by atomic mass is 16.6. The molecule has 5 heteroatoms. The van der Waals surface area contributed by atoms with Crippen molar-refractivity contribution in [3.8, 4) is 11.1 Å². The first kappa shape index (κ1) is 15.6. The highest BCUT2D eigenvalue weighted by molar-refractivity contribution is 6.06. The van der Waals surface area contributed by atoms with Crippen molar-refractivity contribution < 1.29 is 14.3 Å². The molecule has 0 heterocycles. The lowest BCUT2D eigenvalue weighted by Gasteiger charge is -2.15. The van der Waals surface area contributed by atoms with Crippen LogP contribution in [0.2, 0.25) is 0 Å². The molecule has 2 aromatic carbocycles. The summed E-state index contributed by atoms with van der Waals surface area (Å²) in [7, 11) is 0. The molecule has 0 unspecified atom stereocenters. The molecule has 22 heavy (non-hydrogen) atoms. The fourth-order valence-electron chi connectivity index (χ4n) is 2.10. The van der Waals surface area contributed by atoms with Crippen LogP contribution in [0.25, 0.3) is 11.1 Å². The first-order valence-electron chi connectivity index (χ1n) is 6.95. The third-order valence-corrected chi connectivity index (χ3v) is 2.98. The smallest absolute Gasteiger partial charge is 0.411 e. The van der Waals surface area contributed by atoms with Crippen LogP contribution in [0.1, 0.15) is 24.2 Å². The van der Waals surface area contributed by atoms with Gasteiger partial charge in [-0.25, -0.2) is 4.79 Å². The van der Waals surface area contributed by atoms with E-state index in [1.54, 1.807) is 26.0 Å². The molecule has 0 aliphatic carbocycles. The first-order chi connectivity index (χ1) is 10.5. The summed E-state index contributed by atoms with van der Waals surface area (Å²) >= 11 is 0. The van der Waals surface area contributed by atoms with Crippen LogP contribution in [0.4, 0.5) is 10.5 Å². The van der Waals surface area contributed by atoms with Crippen molar-refractivity contribution >= 4 is 17.7 Å². The van der Waals surface area contributed by atoms with Crippen molar-refractivity contribution in [3.63, 3.8) is 0 Å². The van der Waals surface area contributed by atoms with Crippen molar-refractivity contribution in [2.45, 2.75) is 20.0 Å². The average Bonchev–Trinajstić information content (AvgIpc) is 2.47. The number of anilines is 1. The number of nitrogens with two attached hydrogens (primary N) is 1. The quantitative estimate of drug-likeness (QED) is 0.907. The van der Waals surface area contributed by atoms with E-state index in [2.05, 4.69) is 5.32 Å². The number of carbonyl (C=O) groups excluding carboxylic acids is 2. The van der Waals surface area contributed by atoms with Crippen LogP contribution >= 0.6 is 0 Å². The van der Waals surface area contributed by atoms with Gasteiger partial charge in [-0.15, -0.1) is 0 Å². The summed E-state index contributed by atoms with van der Waals surface area (Å²) in [5, 5.41) is 2.63. The van der Waals surface area contributed by atoms with E-state index in [0.717, 1.165) is 5.56 Å². The maximum atomic E-state index is 11.9. The number of ether oxygens (including phenoxy) is 1. The molecular formula is C17H18N2O3. The molecule has 0 aliphatic heterocycles. The number of rotatable bonds is 4. The molecule has 0 radical (unpaired) electrons. The van der Waals surface area contributed by atoms with Gasteiger partial charge in [0.25, 0.3) is 5.91 Å². The van der Waals surface area contributed by atoms with Crippen molar-refractivity contribution in [3.05, 3.63) is 54.1 Å². The fourth-order valence-corrected chi connectivity index (χ4v) is 2.10. The van der Waals surface area contributed by atoms with Crippen LogP contribution < -0.4 is 11.1 Å². The third-order valence-electron chi connectivity index (χ3n) is 2.98. The van der Waals surface area contributed by atoms with E-state index in [1.165, 1.54) is 0 Å². The lowest BCUT2D eigenvalue weighted by Crippen LogP contribution is -2.21. The maximum Gasteiger partial charge on any atom is 0.411 e. The first-order valence-corrected chi connectivity index (χ1v) is 6.95. The van der Waals surface area contributed by atoms with Gasteiger partial charge in [-0.1, -0.05) is 42.5 Å². The number of amides is 2. The second kappa shape index (κ2) is 6.76. The van der Waals surface area contributed by atoms with E-state index < -0.39 is 12.0 Å². The number of primary amides is 1. The number of hydrogen-bond donors (Lipinski definition) is 2. The standard InChI is InChI=1S/C17H18N2O3/c1-11(2)22-17(21)19-15-13(12-7-4-3-5-8-12)9-6-10-14(15)16(18)20/h3-11H,1-2H3,(H2,18,20)(H,19,21). The maximum absolute atomic E-state index is 11.9. The van der Waals surface area contributed by atoms with E-state index in [9.17, 15) is 9.59 Å². The molecule has 2 rings (SSSR count). The molecule has 0 aliphatic rings. The van der Waals surface area contributed by atoms with Crippen LogP contribution in [0.15, 0.2) is 48.5 Å². The van der Waals surface area contributed by atoms with Gasteiger partial charge >= 0.3 is 6.09 Å². The van der Waals surface area contributed by atoms with Crippen LogP contribution in [-0.2, 0) is 4.74 Å². The summed E-state index contributed by atoms with van der Waals surface area (Å²) < 4.78 is 5.08. The van der Waals surface area contributed by atoms with Gasteiger partial charge in [-0.05, 0) is 25.5 Å². The minimum Gasteiger partial charge on any atom is -0.447 e. The summed E-state index contributed by atoms with van der Waals surface area (Å²) in [5.74, 6) is -0.613. The van der Waals surface area contributed by atoms with Crippen LogP contribution in [0.5, 0.6) is 0 Å². The van der Waals surface area contributed by atoms with Crippen LogP contribution in [0.3, 0.4) is 0 Å². The Kier molecular flexibility index (Phi) is 4.78. The van der Waals surface area contributed by atoms with E-state index in [0.29, 0.717) is 11.3 Å². The Morgan fingerprint density at radius 2 is 1.73 bits per heavy atom. The van der Waals surface area contributed by atoms with E-state index in [1.807, 2.05) is 36.4 Å². The third kappa shape index (κ3) is 3.63. The second-order valence-corrected chi connectivity index (χ2v) is 5.04. The van der Waals surface area contributed by atoms with Gasteiger partial charge in [-0.2, -0.15) is 0 Å². The molecule has 0 spiro atoms. The lowest BCUT2D eigenvalue weighted by atomic mass is 9.99. The molecule has 2 aromatic rings. The monoisotopic (exact) mass is 298 g/mol. The van der Waals surface area contributed by atoms with E-state index >= 15 is 0 Å². The molecular weight excluding hydrogens is 280 g/mol. The number of hydrogen-bond acceptors (Lipinski definition) is 3. The van der Waals surface area contributed by atoms with Crippen molar-refractivity contribution in [2.75, 3.05) is 5.32 Å². The Balaban J connectivity index is 2.48. The van der Waals surface area contributed by atoms with Crippen molar-refractivity contribution in [1.29, 1.82) is 0 Å². The number of nitrogens with one attached hydrogen (secondary N) is 1. The Morgan fingerprint density at radius 1 is 1.05 bits per heavy atom. The highest BCUT2D eigenvalue weighted by Gasteiger charge is 2.17. The summed E-state index contributed by atoms with van der Waals surface area (Å²) in [6.07, 6.45) is -0.887. The second-order valence-electron chi connectivity index (χ2n) is 5.04. The number of benzene rings is 2. The Labute approximate surface area is 129 Å². The summed E-state index contributed by atoms with van der Waals surface area (Å²) in [5.41, 5.74) is 7.57. The largest absolute Gasteiger partial charge is 0.447 e. The number of carbonyl (C=O) groups is 2. The molecule has 0 fully saturated rings. The van der Waals surface area contributed by atoms with Gasteiger partial charge in [0.2, 0.25) is 0 Å². The van der Waals surface area contributed by atoms with Gasteiger partial charge in [0.1, 0.15) is 0 Å². The molecule has 0 atom stereocenters. The minimum absolute atomic E-state index is 0.238. The molecule has 0 saturated heterocycles. The van der Waals surface area contributed by atoms with E-state index in [4.69, 9.17) is 10.5 Å². The normalized spacial score (nSPS) is 10.3. The van der Waals surface area contributed by atoms with Crippen molar-refractivity contribution in [1.82, 2.24) is 0 Å². The molecule has 5 nitrogen and oxygen atoms in total. The minimum atomic E-state index is -0.624. The number of para-hydroxylation sites is 1. The van der Waals surface area contributed by atoms with Crippen LogP contribution in [0, 0.1) is 0 Å². The van der Waals surface area contributed by atoms with E-state index in [-0.39, 0.29) is 11.7 Å². The predicted octanol–water partition coefficient (Wildman–Crippen LogP) is 3.41. The summed E-state index contributed by atoms with van der Waals surface area (Å²) in [6.45, 7) is 3.50. The SMILES string of the molecule is CC(C)OC(=O)Nc1c(C(N)=O)cccc1-c1ccccc1. The zero-order chi connectivity index (χ0) is 16.1. The topological polar surface area (TPSA) is 81.4 Å². The molecule has 114 valence electrons. The summed E-state index contributed by atoms with van der Waals surface area (Å²) in [6, 6.07) is 14.5. The molecule has 2 amide bonds. The Hall–Kier alpha value is -2.82. The highest BCUT2D eigenvalue weighted by Crippen LogP contribution is 2.31. The Bertz CT molecular complexity index is 682. The van der Waals surface area contributed by atoms with Gasteiger partial charge in [0.05, 0.1) is 17.4 Å². The van der Waals surface area contributed by atoms with Gasteiger partial charge in [-0.3, -0.25) is 10.1 Å². The molecule has 0 aromatic heterocycles. The van der Waals surface area contributed by atoms with Crippen LogP contribution in [-0.4, -0.2) is 18.1 Å². The average molecular weight is 298 g/mol. The lowest BCUT2D eigenvalue weighted by molar-refractivity contribution is 0.100. The molecule has 0 saturated carbocycles. The van der Waals surface area contributed by atoms with Gasteiger partial charge < -0.3 is 10.5 Å². The van der Waals surface area contributed by atoms with Gasteiger partial charge in [0.15, 0.2) is 0 Å². The van der Waals surface area contributed by atoms with Crippen molar-refractivity contribution in [2.24, 2.45) is 5.73 Å².